The summed E-state index contributed by atoms with van der Waals surface area (Å²) < 4.78 is 26.3. The monoisotopic (exact) mass is 395 g/mol. The van der Waals surface area contributed by atoms with Gasteiger partial charge >= 0.3 is 0 Å². The second-order valence-electron chi connectivity index (χ2n) is 6.25. The zero-order chi connectivity index (χ0) is 19.2. The zero-order valence-electron chi connectivity index (χ0n) is 15.2. The molecule has 1 unspecified atom stereocenters. The molecule has 2 aromatic rings. The number of amides is 1. The van der Waals surface area contributed by atoms with Crippen molar-refractivity contribution in [3.05, 3.63) is 52.2 Å². The molecule has 0 fully saturated rings. The van der Waals surface area contributed by atoms with Crippen LogP contribution in [0.1, 0.15) is 35.3 Å². The van der Waals surface area contributed by atoms with Crippen LogP contribution in [0.4, 0.5) is 5.69 Å². The normalized spacial score (nSPS) is 12.8. The second kappa shape index (κ2) is 9.16. The smallest absolute Gasteiger partial charge is 0.251 e. The highest BCUT2D eigenvalue weighted by Gasteiger charge is 2.17. The minimum atomic E-state index is -3.38. The molecule has 1 amide bonds. The Morgan fingerprint density at radius 2 is 2.04 bits per heavy atom. The van der Waals surface area contributed by atoms with Crippen molar-refractivity contribution in [2.45, 2.75) is 19.4 Å². The lowest BCUT2D eigenvalue weighted by Crippen LogP contribution is -2.34. The number of likely N-dealkylation sites (N-methyl/N-ethyl adjacent to an activating group) is 1. The molecular formula is C18H25N3O3S2. The Morgan fingerprint density at radius 1 is 1.27 bits per heavy atom. The Bertz CT molecular complexity index is 818. The van der Waals surface area contributed by atoms with Crippen LogP contribution in [0.2, 0.25) is 0 Å². The number of carbonyl (C=O) groups is 1. The van der Waals surface area contributed by atoms with Gasteiger partial charge in [-0.15, -0.1) is 0 Å². The fourth-order valence-corrected chi connectivity index (χ4v) is 4.41. The van der Waals surface area contributed by atoms with Gasteiger partial charge in [0.2, 0.25) is 10.0 Å². The fraction of sp³-hybridized carbons (Fsp3) is 0.389. The van der Waals surface area contributed by atoms with E-state index in [1.165, 1.54) is 0 Å². The van der Waals surface area contributed by atoms with E-state index in [1.54, 1.807) is 42.5 Å². The quantitative estimate of drug-likeness (QED) is 0.684. The van der Waals surface area contributed by atoms with Crippen LogP contribution in [0.25, 0.3) is 0 Å². The molecular weight excluding hydrogens is 370 g/mol. The number of sulfonamides is 1. The van der Waals surface area contributed by atoms with Gasteiger partial charge in [0.05, 0.1) is 11.8 Å². The molecule has 1 aromatic carbocycles. The number of thiophene rings is 1. The number of anilines is 1. The van der Waals surface area contributed by atoms with Crippen molar-refractivity contribution in [3.63, 3.8) is 0 Å². The lowest BCUT2D eigenvalue weighted by Gasteiger charge is -2.24. The molecule has 1 aromatic heterocycles. The molecule has 2 rings (SSSR count). The number of hydrogen-bond donors (Lipinski definition) is 2. The Kier molecular flexibility index (Phi) is 7.19. The van der Waals surface area contributed by atoms with Crippen molar-refractivity contribution in [2.24, 2.45) is 0 Å². The molecule has 0 spiro atoms. The van der Waals surface area contributed by atoms with Crippen LogP contribution in [0.15, 0.2) is 41.1 Å². The Labute approximate surface area is 159 Å². The third kappa shape index (κ3) is 5.82. The maximum atomic E-state index is 12.5. The summed E-state index contributed by atoms with van der Waals surface area (Å²) in [5, 5.41) is 7.01. The first kappa shape index (κ1) is 20.4. The van der Waals surface area contributed by atoms with Crippen molar-refractivity contribution < 1.29 is 13.2 Å². The van der Waals surface area contributed by atoms with Crippen LogP contribution < -0.4 is 10.0 Å². The van der Waals surface area contributed by atoms with E-state index in [0.29, 0.717) is 24.2 Å². The van der Waals surface area contributed by atoms with Crippen LogP contribution in [-0.4, -0.2) is 45.6 Å². The molecule has 6 nitrogen and oxygen atoms in total. The molecule has 1 atom stereocenters. The molecule has 0 aliphatic rings. The highest BCUT2D eigenvalue weighted by atomic mass is 32.2. The first-order chi connectivity index (χ1) is 12.3. The van der Waals surface area contributed by atoms with Gasteiger partial charge in [0, 0.05) is 17.8 Å². The summed E-state index contributed by atoms with van der Waals surface area (Å²) in [5.41, 5.74) is 1.97. The first-order valence-electron chi connectivity index (χ1n) is 8.39. The van der Waals surface area contributed by atoms with E-state index < -0.39 is 10.0 Å². The average Bonchev–Trinajstić information content (AvgIpc) is 3.08. The van der Waals surface area contributed by atoms with Crippen molar-refractivity contribution in [1.82, 2.24) is 10.2 Å². The van der Waals surface area contributed by atoms with Gasteiger partial charge in [0.1, 0.15) is 0 Å². The molecule has 8 heteroatoms. The Morgan fingerprint density at radius 3 is 2.65 bits per heavy atom. The molecule has 0 aliphatic heterocycles. The molecule has 0 saturated carbocycles. The van der Waals surface area contributed by atoms with E-state index in [0.717, 1.165) is 5.56 Å². The van der Waals surface area contributed by atoms with Crippen LogP contribution >= 0.6 is 11.3 Å². The lowest BCUT2D eigenvalue weighted by atomic mass is 10.1. The van der Waals surface area contributed by atoms with Gasteiger partial charge in [-0.2, -0.15) is 11.3 Å². The lowest BCUT2D eigenvalue weighted by molar-refractivity contribution is 0.0942. The van der Waals surface area contributed by atoms with E-state index in [2.05, 4.69) is 20.3 Å². The SMILES string of the molecule is CCCS(=O)(=O)Nc1cccc(C(=O)NCC(c2ccsc2)N(C)C)c1. The largest absolute Gasteiger partial charge is 0.350 e. The van der Waals surface area contributed by atoms with Gasteiger partial charge in [0.15, 0.2) is 0 Å². The maximum Gasteiger partial charge on any atom is 0.251 e. The van der Waals surface area contributed by atoms with E-state index in [9.17, 15) is 13.2 Å². The Hall–Kier alpha value is -1.90. The van der Waals surface area contributed by atoms with Crippen molar-refractivity contribution in [3.8, 4) is 0 Å². The minimum Gasteiger partial charge on any atom is -0.350 e. The number of carbonyl (C=O) groups excluding carboxylic acids is 1. The van der Waals surface area contributed by atoms with Gasteiger partial charge in [-0.05, 0) is 61.1 Å². The van der Waals surface area contributed by atoms with Gasteiger partial charge < -0.3 is 10.2 Å². The predicted molar refractivity (Wildman–Crippen MR) is 107 cm³/mol. The molecule has 2 N–H and O–H groups in total. The third-order valence-corrected chi connectivity index (χ3v) is 6.07. The number of nitrogens with one attached hydrogen (secondary N) is 2. The van der Waals surface area contributed by atoms with E-state index in [1.807, 2.05) is 25.5 Å². The van der Waals surface area contributed by atoms with Gasteiger partial charge in [0.25, 0.3) is 5.91 Å². The molecule has 0 bridgehead atoms. The topological polar surface area (TPSA) is 78.5 Å². The highest BCUT2D eigenvalue weighted by molar-refractivity contribution is 7.92. The summed E-state index contributed by atoms with van der Waals surface area (Å²) in [6, 6.07) is 8.65. The van der Waals surface area contributed by atoms with Gasteiger partial charge in [-0.25, -0.2) is 8.42 Å². The summed E-state index contributed by atoms with van der Waals surface area (Å²) in [6.07, 6.45) is 0.532. The first-order valence-corrected chi connectivity index (χ1v) is 11.0. The third-order valence-electron chi connectivity index (χ3n) is 3.88. The van der Waals surface area contributed by atoms with Crippen LogP contribution in [-0.2, 0) is 10.0 Å². The molecule has 1 heterocycles. The standard InChI is InChI=1S/C18H25N3O3S2/c1-4-10-26(23,24)20-16-7-5-6-14(11-16)18(22)19-12-17(21(2)3)15-8-9-25-13-15/h5-9,11,13,17,20H,4,10,12H2,1-3H3,(H,19,22). The van der Waals surface area contributed by atoms with Crippen LogP contribution in [0, 0.1) is 0 Å². The van der Waals surface area contributed by atoms with Crippen LogP contribution in [0.5, 0.6) is 0 Å². The maximum absolute atomic E-state index is 12.5. The highest BCUT2D eigenvalue weighted by Crippen LogP contribution is 2.20. The molecule has 0 aliphatic carbocycles. The summed E-state index contributed by atoms with van der Waals surface area (Å²) >= 11 is 1.62. The molecule has 26 heavy (non-hydrogen) atoms. The fourth-order valence-electron chi connectivity index (χ4n) is 2.58. The summed E-state index contributed by atoms with van der Waals surface area (Å²) in [7, 11) is 0.559. The van der Waals surface area contributed by atoms with E-state index >= 15 is 0 Å². The summed E-state index contributed by atoms with van der Waals surface area (Å²) in [5.74, 6) is -0.183. The van der Waals surface area contributed by atoms with E-state index in [4.69, 9.17) is 0 Å². The van der Waals surface area contributed by atoms with Crippen molar-refractivity contribution in [2.75, 3.05) is 31.1 Å². The molecule has 142 valence electrons. The zero-order valence-corrected chi connectivity index (χ0v) is 16.9. The van der Waals surface area contributed by atoms with Gasteiger partial charge in [-0.1, -0.05) is 13.0 Å². The number of nitrogens with zero attached hydrogens (tertiary/aromatic N) is 1. The van der Waals surface area contributed by atoms with E-state index in [-0.39, 0.29) is 17.7 Å². The molecule has 0 saturated heterocycles. The Balaban J connectivity index is 2.04. The van der Waals surface area contributed by atoms with Crippen molar-refractivity contribution >= 4 is 33.0 Å². The summed E-state index contributed by atoms with van der Waals surface area (Å²) in [6.45, 7) is 2.27. The van der Waals surface area contributed by atoms with Crippen molar-refractivity contribution in [1.29, 1.82) is 0 Å². The predicted octanol–water partition coefficient (Wildman–Crippen LogP) is 2.93. The number of hydrogen-bond acceptors (Lipinski definition) is 5. The second-order valence-corrected chi connectivity index (χ2v) is 8.87. The number of benzene rings is 1. The van der Waals surface area contributed by atoms with Gasteiger partial charge in [-0.3, -0.25) is 9.52 Å². The average molecular weight is 396 g/mol. The summed E-state index contributed by atoms with van der Waals surface area (Å²) in [4.78, 5) is 14.5. The molecule has 0 radical (unpaired) electrons. The van der Waals surface area contributed by atoms with Crippen LogP contribution in [0.3, 0.4) is 0 Å². The minimum absolute atomic E-state index is 0.0502. The number of rotatable bonds is 9.